The molecule has 2 rings (SSSR count). The molecule has 1 amide bonds. The highest BCUT2D eigenvalue weighted by molar-refractivity contribution is 7.09. The van der Waals surface area contributed by atoms with Gasteiger partial charge in [0.1, 0.15) is 0 Å². The first-order chi connectivity index (χ1) is 8.84. The first-order valence-electron chi connectivity index (χ1n) is 6.84. The summed E-state index contributed by atoms with van der Waals surface area (Å²) in [6.45, 7) is 3.10. The molecule has 2 N–H and O–H groups in total. The highest BCUT2D eigenvalue weighted by Crippen LogP contribution is 2.13. The van der Waals surface area contributed by atoms with E-state index in [0.29, 0.717) is 6.42 Å². The highest BCUT2D eigenvalue weighted by atomic mass is 35.5. The van der Waals surface area contributed by atoms with Crippen LogP contribution in [-0.4, -0.2) is 25.5 Å². The van der Waals surface area contributed by atoms with Gasteiger partial charge in [-0.2, -0.15) is 0 Å². The predicted molar refractivity (Wildman–Crippen MR) is 83.1 cm³/mol. The van der Waals surface area contributed by atoms with Crippen LogP contribution in [-0.2, 0) is 11.2 Å². The van der Waals surface area contributed by atoms with Crippen molar-refractivity contribution in [3.63, 3.8) is 0 Å². The van der Waals surface area contributed by atoms with Crippen molar-refractivity contribution in [3.05, 3.63) is 22.4 Å². The standard InChI is InChI=1S/C14H22N2OS.ClH/c17-14(6-5-13-4-2-10-18-13)16-9-7-12-3-1-8-15-11-12;/h2,4,10,12,15H,1,3,5-9,11H2,(H,16,17);1H. The number of thiophene rings is 1. The Morgan fingerprint density at radius 2 is 2.42 bits per heavy atom. The van der Waals surface area contributed by atoms with Gasteiger partial charge in [-0.1, -0.05) is 6.07 Å². The molecule has 108 valence electrons. The van der Waals surface area contributed by atoms with Gasteiger partial charge in [0.2, 0.25) is 5.91 Å². The second-order valence-corrected chi connectivity index (χ2v) is 5.96. The van der Waals surface area contributed by atoms with Crippen LogP contribution >= 0.6 is 23.7 Å². The third-order valence-electron chi connectivity index (χ3n) is 3.45. The third-order valence-corrected chi connectivity index (χ3v) is 4.39. The largest absolute Gasteiger partial charge is 0.356 e. The Hall–Kier alpha value is -0.580. The lowest BCUT2D eigenvalue weighted by atomic mass is 9.96. The van der Waals surface area contributed by atoms with Crippen molar-refractivity contribution in [3.8, 4) is 0 Å². The number of nitrogens with one attached hydrogen (secondary N) is 2. The SMILES string of the molecule is Cl.O=C(CCc1cccs1)NCCC1CCCNC1. The van der Waals surface area contributed by atoms with Gasteiger partial charge in [-0.15, -0.1) is 23.7 Å². The van der Waals surface area contributed by atoms with Gasteiger partial charge in [0, 0.05) is 17.8 Å². The number of aryl methyl sites for hydroxylation is 1. The Kier molecular flexibility index (Phi) is 8.10. The van der Waals surface area contributed by atoms with E-state index in [9.17, 15) is 4.79 Å². The molecule has 0 saturated carbocycles. The first kappa shape index (κ1) is 16.5. The summed E-state index contributed by atoms with van der Waals surface area (Å²) in [5.74, 6) is 0.934. The average molecular weight is 303 g/mol. The molecule has 0 aromatic carbocycles. The summed E-state index contributed by atoms with van der Waals surface area (Å²) in [5.41, 5.74) is 0. The lowest BCUT2D eigenvalue weighted by Crippen LogP contribution is -2.33. The van der Waals surface area contributed by atoms with Crippen molar-refractivity contribution in [1.29, 1.82) is 0 Å². The Bertz CT molecular complexity index is 350. The normalized spacial score (nSPS) is 18.6. The van der Waals surface area contributed by atoms with Crippen molar-refractivity contribution in [2.24, 2.45) is 5.92 Å². The number of hydrogen-bond acceptors (Lipinski definition) is 3. The lowest BCUT2D eigenvalue weighted by Gasteiger charge is -2.22. The predicted octanol–water partition coefficient (Wildman–Crippen LogP) is 2.61. The molecule has 1 aliphatic heterocycles. The molecule has 5 heteroatoms. The van der Waals surface area contributed by atoms with Crippen LogP contribution in [0.15, 0.2) is 17.5 Å². The van der Waals surface area contributed by atoms with Gasteiger partial charge in [-0.25, -0.2) is 0 Å². The van der Waals surface area contributed by atoms with Gasteiger partial charge in [-0.3, -0.25) is 4.79 Å². The van der Waals surface area contributed by atoms with E-state index in [1.165, 1.54) is 17.7 Å². The molecule has 0 spiro atoms. The van der Waals surface area contributed by atoms with Crippen molar-refractivity contribution < 1.29 is 4.79 Å². The maximum absolute atomic E-state index is 11.7. The molecular formula is C14H23ClN2OS. The van der Waals surface area contributed by atoms with E-state index in [0.717, 1.165) is 38.4 Å². The maximum atomic E-state index is 11.7. The number of piperidine rings is 1. The number of amides is 1. The van der Waals surface area contributed by atoms with Gasteiger partial charge >= 0.3 is 0 Å². The fraction of sp³-hybridized carbons (Fsp3) is 0.643. The van der Waals surface area contributed by atoms with Crippen LogP contribution in [0.1, 0.15) is 30.6 Å². The van der Waals surface area contributed by atoms with Crippen molar-refractivity contribution in [1.82, 2.24) is 10.6 Å². The monoisotopic (exact) mass is 302 g/mol. The van der Waals surface area contributed by atoms with Gasteiger partial charge in [0.05, 0.1) is 0 Å². The van der Waals surface area contributed by atoms with Gasteiger partial charge < -0.3 is 10.6 Å². The summed E-state index contributed by atoms with van der Waals surface area (Å²) >= 11 is 1.72. The van der Waals surface area contributed by atoms with Crippen LogP contribution in [0.2, 0.25) is 0 Å². The lowest BCUT2D eigenvalue weighted by molar-refractivity contribution is -0.121. The Labute approximate surface area is 125 Å². The molecule has 0 bridgehead atoms. The molecule has 1 saturated heterocycles. The minimum absolute atomic E-state index is 0. The first-order valence-corrected chi connectivity index (χ1v) is 7.72. The Balaban J connectivity index is 0.00000180. The molecule has 3 nitrogen and oxygen atoms in total. The highest BCUT2D eigenvalue weighted by Gasteiger charge is 2.12. The number of halogens is 1. The minimum atomic E-state index is 0. The van der Waals surface area contributed by atoms with Crippen LogP contribution < -0.4 is 10.6 Å². The molecule has 0 aliphatic carbocycles. The van der Waals surface area contributed by atoms with Crippen molar-refractivity contribution in [2.75, 3.05) is 19.6 Å². The Morgan fingerprint density at radius 1 is 1.53 bits per heavy atom. The number of carbonyl (C=O) groups excluding carboxylic acids is 1. The molecule has 2 heterocycles. The molecule has 19 heavy (non-hydrogen) atoms. The minimum Gasteiger partial charge on any atom is -0.356 e. The molecule has 1 aromatic rings. The van der Waals surface area contributed by atoms with E-state index in [1.807, 2.05) is 6.07 Å². The third kappa shape index (κ3) is 6.41. The van der Waals surface area contributed by atoms with Crippen LogP contribution in [0.4, 0.5) is 0 Å². The van der Waals surface area contributed by atoms with Gasteiger partial charge in [-0.05, 0) is 56.1 Å². The summed E-state index contributed by atoms with van der Waals surface area (Å²) in [5, 5.41) is 8.49. The van der Waals surface area contributed by atoms with Crippen LogP contribution in [0.5, 0.6) is 0 Å². The smallest absolute Gasteiger partial charge is 0.220 e. The van der Waals surface area contributed by atoms with E-state index in [-0.39, 0.29) is 18.3 Å². The topological polar surface area (TPSA) is 41.1 Å². The Morgan fingerprint density at radius 3 is 3.11 bits per heavy atom. The average Bonchev–Trinajstić information content (AvgIpc) is 2.91. The van der Waals surface area contributed by atoms with Gasteiger partial charge in [0.25, 0.3) is 0 Å². The van der Waals surface area contributed by atoms with E-state index < -0.39 is 0 Å². The van der Waals surface area contributed by atoms with Gasteiger partial charge in [0.15, 0.2) is 0 Å². The zero-order chi connectivity index (χ0) is 12.6. The number of rotatable bonds is 6. The van der Waals surface area contributed by atoms with Crippen molar-refractivity contribution >= 4 is 29.7 Å². The second-order valence-electron chi connectivity index (χ2n) is 4.93. The zero-order valence-electron chi connectivity index (χ0n) is 11.2. The molecule has 1 aromatic heterocycles. The van der Waals surface area contributed by atoms with E-state index >= 15 is 0 Å². The molecule has 1 aliphatic rings. The fourth-order valence-electron chi connectivity index (χ4n) is 2.37. The summed E-state index contributed by atoms with van der Waals surface area (Å²) in [7, 11) is 0. The van der Waals surface area contributed by atoms with Crippen LogP contribution in [0.25, 0.3) is 0 Å². The zero-order valence-corrected chi connectivity index (χ0v) is 12.8. The van der Waals surface area contributed by atoms with E-state index in [2.05, 4.69) is 22.1 Å². The van der Waals surface area contributed by atoms with Crippen molar-refractivity contribution in [2.45, 2.75) is 32.1 Å². The fourth-order valence-corrected chi connectivity index (χ4v) is 3.08. The quantitative estimate of drug-likeness (QED) is 0.848. The number of hydrogen-bond donors (Lipinski definition) is 2. The summed E-state index contributed by atoms with van der Waals surface area (Å²) < 4.78 is 0. The van der Waals surface area contributed by atoms with E-state index in [4.69, 9.17) is 0 Å². The van der Waals surface area contributed by atoms with E-state index in [1.54, 1.807) is 11.3 Å². The van der Waals surface area contributed by atoms with Crippen LogP contribution in [0.3, 0.4) is 0 Å². The summed E-state index contributed by atoms with van der Waals surface area (Å²) in [6, 6.07) is 4.12. The maximum Gasteiger partial charge on any atom is 0.220 e. The molecule has 1 unspecified atom stereocenters. The second kappa shape index (κ2) is 9.34. The molecule has 1 atom stereocenters. The molecule has 0 radical (unpaired) electrons. The molecule has 1 fully saturated rings. The molecular weight excluding hydrogens is 280 g/mol. The summed E-state index contributed by atoms with van der Waals surface area (Å²) in [4.78, 5) is 13.0. The summed E-state index contributed by atoms with van der Waals surface area (Å²) in [6.07, 6.45) is 5.17. The number of carbonyl (C=O) groups is 1. The van der Waals surface area contributed by atoms with Crippen LogP contribution in [0, 0.1) is 5.92 Å².